The number of nitrogens with one attached hydrogen (secondary N) is 1. The first-order chi connectivity index (χ1) is 13.0. The lowest BCUT2D eigenvalue weighted by atomic mass is 9.77. The molecular formula is C19H22F2N4O2. The quantitative estimate of drug-likeness (QED) is 0.894. The molecule has 4 rings (SSSR count). The third-order valence-corrected chi connectivity index (χ3v) is 5.71. The van der Waals surface area contributed by atoms with Crippen LogP contribution >= 0.6 is 0 Å². The third kappa shape index (κ3) is 3.53. The molecule has 2 fully saturated rings. The van der Waals surface area contributed by atoms with Crippen molar-refractivity contribution in [2.45, 2.75) is 25.0 Å². The van der Waals surface area contributed by atoms with Crippen molar-refractivity contribution >= 4 is 11.7 Å². The van der Waals surface area contributed by atoms with Gasteiger partial charge in [0.2, 0.25) is 0 Å². The van der Waals surface area contributed by atoms with Gasteiger partial charge in [-0.05, 0) is 42.9 Å². The summed E-state index contributed by atoms with van der Waals surface area (Å²) in [6.07, 6.45) is 5.51. The van der Waals surface area contributed by atoms with Gasteiger partial charge in [0.1, 0.15) is 0 Å². The van der Waals surface area contributed by atoms with Crippen LogP contribution in [0.4, 0.5) is 19.3 Å². The average Bonchev–Trinajstić information content (AvgIpc) is 3.32. The lowest BCUT2D eigenvalue weighted by molar-refractivity contribution is -0.00485. The second kappa shape index (κ2) is 7.26. The molecule has 2 aliphatic rings. The van der Waals surface area contributed by atoms with E-state index in [-0.39, 0.29) is 23.9 Å². The number of nitrogens with zero attached hydrogens (tertiary/aromatic N) is 3. The highest BCUT2D eigenvalue weighted by molar-refractivity contribution is 5.89. The maximum Gasteiger partial charge on any atom is 0.321 e. The fraction of sp³-hybridized carbons (Fsp3) is 0.474. The van der Waals surface area contributed by atoms with Crippen LogP contribution in [0, 0.1) is 23.5 Å². The monoisotopic (exact) mass is 376 g/mol. The standard InChI is InChI=1S/C19H22F2N4O2/c1-27-18-8-13-11-24(10-12(13)7-17(18)25-6-2-5-22-25)19(26)23-14-3-4-15(20)16(21)9-14/h2-6,9,12-13,17-18H,7-8,10-11H2,1H3,(H,23,26)/t12-,13+,17-,18-/m0/s1. The summed E-state index contributed by atoms with van der Waals surface area (Å²) in [5.41, 5.74) is 0.248. The van der Waals surface area contributed by atoms with Crippen LogP contribution in [-0.2, 0) is 4.74 Å². The molecule has 8 heteroatoms. The molecule has 2 aromatic rings. The van der Waals surface area contributed by atoms with Crippen molar-refractivity contribution in [3.8, 4) is 0 Å². The van der Waals surface area contributed by atoms with Crippen LogP contribution < -0.4 is 5.32 Å². The summed E-state index contributed by atoms with van der Waals surface area (Å²) < 4.78 is 34.0. The molecular weight excluding hydrogens is 354 g/mol. The number of ether oxygens (including phenoxy) is 1. The molecule has 27 heavy (non-hydrogen) atoms. The van der Waals surface area contributed by atoms with E-state index in [2.05, 4.69) is 10.4 Å². The predicted octanol–water partition coefficient (Wildman–Crippen LogP) is 3.29. The minimum atomic E-state index is -0.979. The molecule has 1 saturated heterocycles. The van der Waals surface area contributed by atoms with Gasteiger partial charge in [-0.2, -0.15) is 5.10 Å². The summed E-state index contributed by atoms with van der Waals surface area (Å²) >= 11 is 0. The number of benzene rings is 1. The molecule has 0 radical (unpaired) electrons. The number of halogens is 2. The number of carbonyl (C=O) groups excluding carboxylic acids is 1. The van der Waals surface area contributed by atoms with E-state index in [9.17, 15) is 13.6 Å². The van der Waals surface area contributed by atoms with E-state index in [0.29, 0.717) is 24.9 Å². The predicted molar refractivity (Wildman–Crippen MR) is 95.2 cm³/mol. The summed E-state index contributed by atoms with van der Waals surface area (Å²) in [7, 11) is 1.71. The zero-order valence-corrected chi connectivity index (χ0v) is 15.0. The highest BCUT2D eigenvalue weighted by Gasteiger charge is 2.44. The second-order valence-electron chi connectivity index (χ2n) is 7.28. The van der Waals surface area contributed by atoms with Crippen LogP contribution in [0.15, 0.2) is 36.7 Å². The van der Waals surface area contributed by atoms with Crippen LogP contribution in [0.25, 0.3) is 0 Å². The normalized spacial score (nSPS) is 27.4. The van der Waals surface area contributed by atoms with Crippen LogP contribution in [0.5, 0.6) is 0 Å². The van der Waals surface area contributed by atoms with Crippen LogP contribution in [0.3, 0.4) is 0 Å². The molecule has 0 unspecified atom stereocenters. The van der Waals surface area contributed by atoms with E-state index in [1.165, 1.54) is 6.07 Å². The number of aromatic nitrogens is 2. The maximum absolute atomic E-state index is 13.3. The number of hydrogen-bond donors (Lipinski definition) is 1. The molecule has 1 saturated carbocycles. The van der Waals surface area contributed by atoms with Crippen molar-refractivity contribution in [2.75, 3.05) is 25.5 Å². The first-order valence-corrected chi connectivity index (χ1v) is 9.08. The number of hydrogen-bond acceptors (Lipinski definition) is 3. The van der Waals surface area contributed by atoms with E-state index >= 15 is 0 Å². The molecule has 4 atom stereocenters. The fourth-order valence-corrected chi connectivity index (χ4v) is 4.34. The molecule has 1 aromatic heterocycles. The molecule has 1 N–H and O–H groups in total. The number of fused-ring (bicyclic) bond motifs is 1. The molecule has 2 amide bonds. The van der Waals surface area contributed by atoms with Crippen LogP contribution in [0.2, 0.25) is 0 Å². The topological polar surface area (TPSA) is 59.4 Å². The number of amides is 2. The van der Waals surface area contributed by atoms with Gasteiger partial charge in [0, 0.05) is 44.3 Å². The SMILES string of the molecule is CO[C@H]1C[C@@H]2CN(C(=O)Nc3ccc(F)c(F)c3)C[C@@H]2C[C@@H]1n1cccn1. The van der Waals surface area contributed by atoms with Crippen molar-refractivity contribution in [1.82, 2.24) is 14.7 Å². The smallest absolute Gasteiger partial charge is 0.321 e. The Balaban J connectivity index is 1.43. The zero-order valence-electron chi connectivity index (χ0n) is 15.0. The Labute approximate surface area is 156 Å². The Hall–Kier alpha value is -2.48. The Morgan fingerprint density at radius 3 is 2.67 bits per heavy atom. The van der Waals surface area contributed by atoms with Gasteiger partial charge in [-0.3, -0.25) is 4.68 Å². The van der Waals surface area contributed by atoms with Gasteiger partial charge in [-0.15, -0.1) is 0 Å². The Morgan fingerprint density at radius 1 is 1.22 bits per heavy atom. The average molecular weight is 376 g/mol. The summed E-state index contributed by atoms with van der Waals surface area (Å²) in [6, 6.07) is 5.11. The van der Waals surface area contributed by atoms with Gasteiger partial charge in [0.25, 0.3) is 0 Å². The largest absolute Gasteiger partial charge is 0.379 e. The van der Waals surface area contributed by atoms with E-state index in [4.69, 9.17) is 4.74 Å². The van der Waals surface area contributed by atoms with Crippen molar-refractivity contribution < 1.29 is 18.3 Å². The van der Waals surface area contributed by atoms with Gasteiger partial charge in [0.05, 0.1) is 12.1 Å². The zero-order chi connectivity index (χ0) is 19.0. The van der Waals surface area contributed by atoms with Gasteiger partial charge < -0.3 is 15.0 Å². The summed E-state index contributed by atoms with van der Waals surface area (Å²) in [6.45, 7) is 1.26. The van der Waals surface area contributed by atoms with E-state index in [0.717, 1.165) is 25.0 Å². The van der Waals surface area contributed by atoms with Crippen molar-refractivity contribution in [1.29, 1.82) is 0 Å². The molecule has 6 nitrogen and oxygen atoms in total. The third-order valence-electron chi connectivity index (χ3n) is 5.71. The lowest BCUT2D eigenvalue weighted by Gasteiger charge is -2.37. The molecule has 144 valence electrons. The molecule has 1 aliphatic carbocycles. The molecule has 1 aliphatic heterocycles. The maximum atomic E-state index is 13.3. The Kier molecular flexibility index (Phi) is 4.82. The van der Waals surface area contributed by atoms with Crippen LogP contribution in [0.1, 0.15) is 18.9 Å². The highest BCUT2D eigenvalue weighted by atomic mass is 19.2. The number of methoxy groups -OCH3 is 1. The van der Waals surface area contributed by atoms with Crippen molar-refractivity contribution in [3.05, 3.63) is 48.3 Å². The van der Waals surface area contributed by atoms with Crippen LogP contribution in [-0.4, -0.2) is 47.0 Å². The summed E-state index contributed by atoms with van der Waals surface area (Å²) in [5.74, 6) is -1.19. The van der Waals surface area contributed by atoms with Gasteiger partial charge in [-0.1, -0.05) is 0 Å². The van der Waals surface area contributed by atoms with E-state index < -0.39 is 11.6 Å². The lowest BCUT2D eigenvalue weighted by Crippen LogP contribution is -2.37. The number of anilines is 1. The molecule has 0 spiro atoms. The molecule has 1 aromatic carbocycles. The number of urea groups is 1. The molecule has 2 heterocycles. The van der Waals surface area contributed by atoms with Gasteiger partial charge in [-0.25, -0.2) is 13.6 Å². The van der Waals surface area contributed by atoms with Crippen molar-refractivity contribution in [2.24, 2.45) is 11.8 Å². The molecule has 0 bridgehead atoms. The van der Waals surface area contributed by atoms with E-state index in [1.54, 1.807) is 18.2 Å². The Morgan fingerprint density at radius 2 is 2.00 bits per heavy atom. The minimum absolute atomic E-state index is 0.0559. The number of likely N-dealkylation sites (tertiary alicyclic amines) is 1. The minimum Gasteiger partial charge on any atom is -0.379 e. The van der Waals surface area contributed by atoms with Gasteiger partial charge in [0.15, 0.2) is 11.6 Å². The van der Waals surface area contributed by atoms with Crippen molar-refractivity contribution in [3.63, 3.8) is 0 Å². The van der Waals surface area contributed by atoms with E-state index in [1.807, 2.05) is 16.9 Å². The highest BCUT2D eigenvalue weighted by Crippen LogP contribution is 2.42. The first kappa shape index (κ1) is 17.9. The summed E-state index contributed by atoms with van der Waals surface area (Å²) in [5, 5.41) is 7.01. The second-order valence-corrected chi connectivity index (χ2v) is 7.28. The fourth-order valence-electron chi connectivity index (χ4n) is 4.34. The number of carbonyl (C=O) groups is 1. The first-order valence-electron chi connectivity index (χ1n) is 9.08. The Bertz CT molecular complexity index is 814. The summed E-state index contributed by atoms with van der Waals surface area (Å²) in [4.78, 5) is 14.3. The number of rotatable bonds is 3. The van der Waals surface area contributed by atoms with Gasteiger partial charge >= 0.3 is 6.03 Å².